The first kappa shape index (κ1) is 23.5. The van der Waals surface area contributed by atoms with Gasteiger partial charge in [-0.3, -0.25) is 19.7 Å². The van der Waals surface area contributed by atoms with Crippen molar-refractivity contribution in [3.63, 3.8) is 0 Å². The quantitative estimate of drug-likeness (QED) is 0.216. The van der Waals surface area contributed by atoms with Crippen LogP contribution in [0.1, 0.15) is 5.56 Å². The van der Waals surface area contributed by atoms with Gasteiger partial charge in [-0.1, -0.05) is 30.3 Å². The molecule has 2 rings (SSSR count). The van der Waals surface area contributed by atoms with Gasteiger partial charge in [-0.15, -0.1) is 0 Å². The molecule has 0 aromatic heterocycles. The van der Waals surface area contributed by atoms with E-state index < -0.39 is 26.6 Å². The maximum Gasteiger partial charge on any atom is 0.293 e. The number of nitro benzene ring substituents is 1. The van der Waals surface area contributed by atoms with Crippen LogP contribution in [0.5, 0.6) is 0 Å². The van der Waals surface area contributed by atoms with Gasteiger partial charge in [0.05, 0.1) is 16.4 Å². The second-order valence-corrected chi connectivity index (χ2v) is 8.46. The van der Waals surface area contributed by atoms with Crippen molar-refractivity contribution in [3.05, 3.63) is 70.3 Å². The molecular weight excluding hydrogens is 424 g/mol. The zero-order valence-electron chi connectivity index (χ0n) is 16.7. The van der Waals surface area contributed by atoms with Crippen LogP contribution in [0, 0.1) is 10.1 Å². The van der Waals surface area contributed by atoms with Gasteiger partial charge >= 0.3 is 0 Å². The molecule has 0 aliphatic carbocycles. The summed E-state index contributed by atoms with van der Waals surface area (Å²) < 4.78 is 23.1. The Morgan fingerprint density at radius 3 is 2.42 bits per heavy atom. The van der Waals surface area contributed by atoms with E-state index in [-0.39, 0.29) is 35.9 Å². The normalized spacial score (nSPS) is 11.1. The highest BCUT2D eigenvalue weighted by molar-refractivity contribution is 7.90. The van der Waals surface area contributed by atoms with Gasteiger partial charge in [0.2, 0.25) is 11.8 Å². The maximum absolute atomic E-state index is 11.8. The van der Waals surface area contributed by atoms with E-state index in [1.54, 1.807) is 6.08 Å². The van der Waals surface area contributed by atoms with E-state index in [0.29, 0.717) is 0 Å². The van der Waals surface area contributed by atoms with Gasteiger partial charge in [-0.25, -0.2) is 8.42 Å². The molecule has 10 nitrogen and oxygen atoms in total. The van der Waals surface area contributed by atoms with Gasteiger partial charge in [-0.05, 0) is 23.8 Å². The van der Waals surface area contributed by atoms with Crippen LogP contribution >= 0.6 is 0 Å². The van der Waals surface area contributed by atoms with E-state index in [1.807, 2.05) is 30.3 Å². The fraction of sp³-hybridized carbons (Fsp3) is 0.200. The Morgan fingerprint density at radius 1 is 1.06 bits per heavy atom. The van der Waals surface area contributed by atoms with Gasteiger partial charge in [0, 0.05) is 31.5 Å². The van der Waals surface area contributed by atoms with Gasteiger partial charge in [0.15, 0.2) is 9.84 Å². The van der Waals surface area contributed by atoms with Crippen LogP contribution in [0.4, 0.5) is 11.4 Å². The van der Waals surface area contributed by atoms with Crippen molar-refractivity contribution in [2.24, 2.45) is 0 Å². The molecule has 164 valence electrons. The second-order valence-electron chi connectivity index (χ2n) is 6.45. The molecule has 0 unspecified atom stereocenters. The summed E-state index contributed by atoms with van der Waals surface area (Å²) in [5.74, 6) is -0.844. The Labute approximate surface area is 179 Å². The lowest BCUT2D eigenvalue weighted by Gasteiger charge is -2.09. The number of sulfone groups is 1. The molecule has 0 saturated heterocycles. The molecule has 0 spiro atoms. The Kier molecular flexibility index (Phi) is 8.26. The first-order valence-corrected chi connectivity index (χ1v) is 11.1. The summed E-state index contributed by atoms with van der Waals surface area (Å²) in [6.07, 6.45) is 3.91. The van der Waals surface area contributed by atoms with Crippen molar-refractivity contribution in [2.75, 3.05) is 31.2 Å². The Morgan fingerprint density at radius 2 is 1.77 bits per heavy atom. The number of hydrogen-bond acceptors (Lipinski definition) is 7. The highest BCUT2D eigenvalue weighted by Crippen LogP contribution is 2.27. The molecule has 2 aromatic carbocycles. The van der Waals surface area contributed by atoms with E-state index in [2.05, 4.69) is 16.0 Å². The lowest BCUT2D eigenvalue weighted by Crippen LogP contribution is -2.38. The summed E-state index contributed by atoms with van der Waals surface area (Å²) in [6.45, 7) is 0.0768. The number of carbonyl (C=O) groups is 2. The summed E-state index contributed by atoms with van der Waals surface area (Å²) in [7, 11) is -3.57. The van der Waals surface area contributed by atoms with Crippen LogP contribution in [0.2, 0.25) is 0 Å². The monoisotopic (exact) mass is 446 g/mol. The average molecular weight is 446 g/mol. The summed E-state index contributed by atoms with van der Waals surface area (Å²) in [5.41, 5.74) is 0.601. The van der Waals surface area contributed by atoms with Gasteiger partial charge in [-0.2, -0.15) is 0 Å². The fourth-order valence-corrected chi connectivity index (χ4v) is 3.11. The number of hydrogen-bond donors (Lipinski definition) is 3. The summed E-state index contributed by atoms with van der Waals surface area (Å²) in [5, 5.41) is 19.0. The van der Waals surface area contributed by atoms with Crippen LogP contribution < -0.4 is 16.0 Å². The van der Waals surface area contributed by atoms with Crippen LogP contribution in [0.15, 0.2) is 59.5 Å². The molecule has 0 radical (unpaired) electrons. The SMILES string of the molecule is CS(=O)(=O)c1ccc(NCCNC(=O)CNC(=O)C=Cc2ccccc2)c([N+](=O)[O-])c1. The van der Waals surface area contributed by atoms with Gasteiger partial charge < -0.3 is 16.0 Å². The largest absolute Gasteiger partial charge is 0.378 e. The highest BCUT2D eigenvalue weighted by Gasteiger charge is 2.18. The minimum absolute atomic E-state index is 0.131. The zero-order chi connectivity index (χ0) is 22.9. The molecule has 0 bridgehead atoms. The molecule has 11 heteroatoms. The molecule has 2 amide bonds. The molecule has 0 atom stereocenters. The van der Waals surface area contributed by atoms with Crippen molar-refractivity contribution < 1.29 is 22.9 Å². The molecule has 2 aromatic rings. The molecule has 0 aliphatic rings. The lowest BCUT2D eigenvalue weighted by molar-refractivity contribution is -0.384. The summed E-state index contributed by atoms with van der Waals surface area (Å²) in [4.78, 5) is 33.9. The third-order valence-corrected chi connectivity index (χ3v) is 5.12. The molecule has 31 heavy (non-hydrogen) atoms. The van der Waals surface area contributed by atoms with Crippen molar-refractivity contribution in [1.29, 1.82) is 0 Å². The van der Waals surface area contributed by atoms with Gasteiger partial charge in [0.1, 0.15) is 5.69 Å². The molecule has 0 heterocycles. The highest BCUT2D eigenvalue weighted by atomic mass is 32.2. The number of amides is 2. The molecular formula is C20H22N4O6S. The van der Waals surface area contributed by atoms with Crippen molar-refractivity contribution in [2.45, 2.75) is 4.90 Å². The van der Waals surface area contributed by atoms with E-state index in [4.69, 9.17) is 0 Å². The third-order valence-electron chi connectivity index (χ3n) is 4.01. The average Bonchev–Trinajstić information content (AvgIpc) is 2.73. The molecule has 0 aliphatic heterocycles. The van der Waals surface area contributed by atoms with Crippen LogP contribution in [0.3, 0.4) is 0 Å². The minimum Gasteiger partial charge on any atom is -0.378 e. The number of nitrogens with zero attached hydrogens (tertiary/aromatic N) is 1. The summed E-state index contributed by atoms with van der Waals surface area (Å²) >= 11 is 0. The predicted octanol–water partition coefficient (Wildman–Crippen LogP) is 1.36. The molecule has 0 fully saturated rings. The topological polar surface area (TPSA) is 148 Å². The second kappa shape index (κ2) is 10.9. The van der Waals surface area contributed by atoms with E-state index in [0.717, 1.165) is 17.9 Å². The van der Waals surface area contributed by atoms with Crippen molar-refractivity contribution in [3.8, 4) is 0 Å². The number of nitro groups is 1. The van der Waals surface area contributed by atoms with Crippen LogP contribution in [0.25, 0.3) is 6.08 Å². The standard InChI is InChI=1S/C20H22N4O6S/c1-31(29,30)16-8-9-17(18(13-16)24(27)28)21-11-12-22-20(26)14-23-19(25)10-7-15-5-3-2-4-6-15/h2-10,13,21H,11-12,14H2,1H3,(H,22,26)(H,23,25). The minimum atomic E-state index is -3.57. The number of nitrogens with one attached hydrogen (secondary N) is 3. The van der Waals surface area contributed by atoms with E-state index in [1.165, 1.54) is 18.2 Å². The Bertz CT molecular complexity index is 1080. The third kappa shape index (κ3) is 7.90. The number of carbonyl (C=O) groups excluding carboxylic acids is 2. The predicted molar refractivity (Wildman–Crippen MR) is 116 cm³/mol. The first-order chi connectivity index (χ1) is 14.7. The lowest BCUT2D eigenvalue weighted by atomic mass is 10.2. The van der Waals surface area contributed by atoms with E-state index >= 15 is 0 Å². The molecule has 0 saturated carbocycles. The fourth-order valence-electron chi connectivity index (χ4n) is 2.47. The Hall–Kier alpha value is -3.73. The number of rotatable bonds is 10. The smallest absolute Gasteiger partial charge is 0.293 e. The number of anilines is 1. The Balaban J connectivity index is 1.77. The maximum atomic E-state index is 11.8. The van der Waals surface area contributed by atoms with Gasteiger partial charge in [0.25, 0.3) is 5.69 Å². The first-order valence-electron chi connectivity index (χ1n) is 9.17. The number of benzene rings is 2. The summed E-state index contributed by atoms with van der Waals surface area (Å²) in [6, 6.07) is 12.8. The van der Waals surface area contributed by atoms with Crippen molar-refractivity contribution >= 4 is 39.1 Å². The zero-order valence-corrected chi connectivity index (χ0v) is 17.5. The van der Waals surface area contributed by atoms with Crippen LogP contribution in [-0.4, -0.2) is 51.0 Å². The van der Waals surface area contributed by atoms with E-state index in [9.17, 15) is 28.1 Å². The molecule has 3 N–H and O–H groups in total. The van der Waals surface area contributed by atoms with Crippen LogP contribution in [-0.2, 0) is 19.4 Å². The van der Waals surface area contributed by atoms with Crippen molar-refractivity contribution in [1.82, 2.24) is 10.6 Å².